The summed E-state index contributed by atoms with van der Waals surface area (Å²) in [4.78, 5) is 25.5. The molecule has 5 nitrogen and oxygen atoms in total. The number of esters is 2. The van der Waals surface area contributed by atoms with Gasteiger partial charge in [0.1, 0.15) is 6.61 Å². The molecule has 0 amide bonds. The molecular weight excluding hydrogens is 789 g/mol. The zero-order valence-electron chi connectivity index (χ0n) is 43.3. The predicted octanol–water partition coefficient (Wildman–Crippen LogP) is 19.4. The van der Waals surface area contributed by atoms with Crippen LogP contribution in [0.5, 0.6) is 0 Å². The minimum Gasteiger partial charge on any atom is -0.462 e. The van der Waals surface area contributed by atoms with Gasteiger partial charge in [-0.2, -0.15) is 0 Å². The lowest BCUT2D eigenvalue weighted by Crippen LogP contribution is -2.30. The highest BCUT2D eigenvalue weighted by atomic mass is 16.6. The first-order chi connectivity index (χ1) is 31.6. The molecule has 0 fully saturated rings. The van der Waals surface area contributed by atoms with E-state index in [1.807, 2.05) is 0 Å². The van der Waals surface area contributed by atoms with Crippen molar-refractivity contribution in [3.05, 3.63) is 36.5 Å². The van der Waals surface area contributed by atoms with Crippen molar-refractivity contribution in [2.45, 2.75) is 309 Å². The maximum absolute atomic E-state index is 12.8. The van der Waals surface area contributed by atoms with Gasteiger partial charge in [-0.3, -0.25) is 9.59 Å². The number of hydrogen-bond donors (Lipinski definition) is 0. The summed E-state index contributed by atoms with van der Waals surface area (Å²) < 4.78 is 17.5. The van der Waals surface area contributed by atoms with Crippen LogP contribution in [-0.4, -0.2) is 37.9 Å². The molecule has 0 saturated heterocycles. The Morgan fingerprint density at radius 2 is 0.656 bits per heavy atom. The average molecular weight is 900 g/mol. The molecule has 0 aliphatic heterocycles. The third kappa shape index (κ3) is 52.7. The summed E-state index contributed by atoms with van der Waals surface area (Å²) in [6, 6.07) is 0. The zero-order chi connectivity index (χ0) is 46.3. The van der Waals surface area contributed by atoms with Crippen molar-refractivity contribution in [3.63, 3.8) is 0 Å². The smallest absolute Gasteiger partial charge is 0.306 e. The van der Waals surface area contributed by atoms with Crippen LogP contribution in [0.2, 0.25) is 0 Å². The van der Waals surface area contributed by atoms with E-state index in [-0.39, 0.29) is 25.2 Å². The number of hydrogen-bond acceptors (Lipinski definition) is 5. The van der Waals surface area contributed by atoms with E-state index in [1.165, 1.54) is 218 Å². The normalized spacial score (nSPS) is 12.4. The number of carbonyl (C=O) groups is 2. The molecule has 0 aliphatic carbocycles. The molecule has 0 aliphatic rings. The second-order valence-electron chi connectivity index (χ2n) is 19.2. The SMILES string of the molecule is CCCCC/C=C\C/C=C\CCCCCCCCCCCC(=O)OCC(COCCCCCCCCCCCCCCCC)OC(=O)CCCCCCC/C=C\CCCCCCCC. The van der Waals surface area contributed by atoms with E-state index < -0.39 is 6.10 Å². The van der Waals surface area contributed by atoms with Crippen LogP contribution in [0.25, 0.3) is 0 Å². The van der Waals surface area contributed by atoms with Crippen LogP contribution < -0.4 is 0 Å². The third-order valence-corrected chi connectivity index (χ3v) is 12.6. The summed E-state index contributed by atoms with van der Waals surface area (Å²) >= 11 is 0. The van der Waals surface area contributed by atoms with Crippen molar-refractivity contribution in [2.24, 2.45) is 0 Å². The zero-order valence-corrected chi connectivity index (χ0v) is 43.3. The molecule has 5 heteroatoms. The van der Waals surface area contributed by atoms with Crippen LogP contribution >= 0.6 is 0 Å². The Morgan fingerprint density at radius 3 is 1.08 bits per heavy atom. The van der Waals surface area contributed by atoms with Crippen molar-refractivity contribution >= 4 is 11.9 Å². The fourth-order valence-electron chi connectivity index (χ4n) is 8.36. The summed E-state index contributed by atoms with van der Waals surface area (Å²) in [6.45, 7) is 7.84. The van der Waals surface area contributed by atoms with Gasteiger partial charge >= 0.3 is 11.9 Å². The Balaban J connectivity index is 4.23. The van der Waals surface area contributed by atoms with Gasteiger partial charge in [0, 0.05) is 19.4 Å². The highest BCUT2D eigenvalue weighted by molar-refractivity contribution is 5.70. The number of ether oxygens (including phenoxy) is 3. The van der Waals surface area contributed by atoms with Gasteiger partial charge in [-0.15, -0.1) is 0 Å². The standard InChI is InChI=1S/C59H110O5/c1-4-7-10-13-16-19-22-25-28-29-30-31-33-34-37-40-43-46-49-52-58(60)63-56-57(55-62-54-51-48-45-42-39-36-27-24-21-18-15-12-9-6-3)64-59(61)53-50-47-44-41-38-35-32-26-23-20-17-14-11-8-5-2/h16,19,25-26,28,32,57H,4-15,17-18,20-24,27,29-31,33-56H2,1-3H3/b19-16-,28-25-,32-26-. The maximum atomic E-state index is 12.8. The van der Waals surface area contributed by atoms with Crippen molar-refractivity contribution in [2.75, 3.05) is 19.8 Å². The molecule has 0 N–H and O–H groups in total. The second kappa shape index (κ2) is 55.4. The largest absolute Gasteiger partial charge is 0.462 e. The van der Waals surface area contributed by atoms with E-state index in [9.17, 15) is 9.59 Å². The highest BCUT2D eigenvalue weighted by Crippen LogP contribution is 2.16. The fourth-order valence-corrected chi connectivity index (χ4v) is 8.36. The fraction of sp³-hybridized carbons (Fsp3) is 0.864. The lowest BCUT2D eigenvalue weighted by atomic mass is 10.0. The summed E-state index contributed by atoms with van der Waals surface area (Å²) in [6.07, 6.45) is 67.3. The van der Waals surface area contributed by atoms with Gasteiger partial charge in [-0.25, -0.2) is 0 Å². The first-order valence-electron chi connectivity index (χ1n) is 28.5. The summed E-state index contributed by atoms with van der Waals surface area (Å²) in [5.41, 5.74) is 0. The molecule has 1 atom stereocenters. The van der Waals surface area contributed by atoms with Gasteiger partial charge < -0.3 is 14.2 Å². The third-order valence-electron chi connectivity index (χ3n) is 12.6. The van der Waals surface area contributed by atoms with Gasteiger partial charge in [-0.05, 0) is 77.0 Å². The molecular formula is C59H110O5. The minimum atomic E-state index is -0.537. The average Bonchev–Trinajstić information content (AvgIpc) is 3.30. The molecule has 0 aromatic heterocycles. The van der Waals surface area contributed by atoms with E-state index in [0.29, 0.717) is 19.4 Å². The Morgan fingerprint density at radius 1 is 0.344 bits per heavy atom. The van der Waals surface area contributed by atoms with Gasteiger partial charge in [-0.1, -0.05) is 250 Å². The summed E-state index contributed by atoms with van der Waals surface area (Å²) in [7, 11) is 0. The molecule has 0 rings (SSSR count). The lowest BCUT2D eigenvalue weighted by Gasteiger charge is -2.18. The molecule has 0 radical (unpaired) electrons. The van der Waals surface area contributed by atoms with E-state index in [0.717, 1.165) is 51.4 Å². The van der Waals surface area contributed by atoms with Crippen LogP contribution in [0.15, 0.2) is 36.5 Å². The van der Waals surface area contributed by atoms with Crippen LogP contribution in [0.4, 0.5) is 0 Å². The van der Waals surface area contributed by atoms with Crippen LogP contribution in [0.3, 0.4) is 0 Å². The maximum Gasteiger partial charge on any atom is 0.306 e. The number of rotatable bonds is 53. The number of allylic oxidation sites excluding steroid dienone is 6. The Bertz CT molecular complexity index is 1020. The Hall–Kier alpha value is -1.88. The molecule has 0 saturated carbocycles. The topological polar surface area (TPSA) is 61.8 Å². The molecule has 376 valence electrons. The molecule has 0 spiro atoms. The first kappa shape index (κ1) is 62.1. The van der Waals surface area contributed by atoms with Gasteiger partial charge in [0.2, 0.25) is 0 Å². The van der Waals surface area contributed by atoms with Crippen molar-refractivity contribution in [1.82, 2.24) is 0 Å². The van der Waals surface area contributed by atoms with Crippen LogP contribution in [0, 0.1) is 0 Å². The van der Waals surface area contributed by atoms with Crippen LogP contribution in [-0.2, 0) is 23.8 Å². The Labute approximate surface area is 400 Å². The van der Waals surface area contributed by atoms with Gasteiger partial charge in [0.15, 0.2) is 6.10 Å². The van der Waals surface area contributed by atoms with Gasteiger partial charge in [0.25, 0.3) is 0 Å². The molecule has 64 heavy (non-hydrogen) atoms. The van der Waals surface area contributed by atoms with E-state index >= 15 is 0 Å². The van der Waals surface area contributed by atoms with Crippen molar-refractivity contribution in [1.29, 1.82) is 0 Å². The molecule has 0 aromatic rings. The van der Waals surface area contributed by atoms with E-state index in [4.69, 9.17) is 14.2 Å². The summed E-state index contributed by atoms with van der Waals surface area (Å²) in [5.74, 6) is -0.394. The molecule has 0 aromatic carbocycles. The summed E-state index contributed by atoms with van der Waals surface area (Å²) in [5, 5.41) is 0. The number of carbonyl (C=O) groups excluding carboxylic acids is 2. The lowest BCUT2D eigenvalue weighted by molar-refractivity contribution is -0.163. The second-order valence-corrected chi connectivity index (χ2v) is 19.2. The minimum absolute atomic E-state index is 0.0850. The number of unbranched alkanes of at least 4 members (excludes halogenated alkanes) is 36. The van der Waals surface area contributed by atoms with E-state index in [2.05, 4.69) is 57.2 Å². The quantitative estimate of drug-likeness (QED) is 0.0346. The molecule has 1 unspecified atom stereocenters. The highest BCUT2D eigenvalue weighted by Gasteiger charge is 2.17. The first-order valence-corrected chi connectivity index (χ1v) is 28.5. The predicted molar refractivity (Wildman–Crippen MR) is 279 cm³/mol. The monoisotopic (exact) mass is 899 g/mol. The van der Waals surface area contributed by atoms with E-state index in [1.54, 1.807) is 0 Å². The molecule has 0 heterocycles. The Kier molecular flexibility index (Phi) is 53.8. The molecule has 0 bridgehead atoms. The van der Waals surface area contributed by atoms with Crippen molar-refractivity contribution < 1.29 is 23.8 Å². The van der Waals surface area contributed by atoms with Gasteiger partial charge in [0.05, 0.1) is 6.61 Å². The van der Waals surface area contributed by atoms with Crippen molar-refractivity contribution in [3.8, 4) is 0 Å². The van der Waals surface area contributed by atoms with Crippen LogP contribution in [0.1, 0.15) is 303 Å².